The molecule has 0 bridgehead atoms. The van der Waals surface area contributed by atoms with Crippen LogP contribution in [0.3, 0.4) is 0 Å². The number of carbonyl (C=O) groups is 3. The minimum Gasteiger partial charge on any atom is -0.480 e. The fraction of sp³-hybridized carbons (Fsp3) is 0.323. The van der Waals surface area contributed by atoms with E-state index in [0.29, 0.717) is 13.1 Å². The highest BCUT2D eigenvalue weighted by Gasteiger charge is 2.47. The number of aliphatic carboxylic acids is 1. The Balaban J connectivity index is 1.31. The summed E-state index contributed by atoms with van der Waals surface area (Å²) in [6.45, 7) is 0.964. The Labute approximate surface area is 232 Å². The molecule has 9 heteroatoms. The molecule has 2 aliphatic rings. The molecule has 9 nitrogen and oxygen atoms in total. The molecule has 3 aromatic carbocycles. The molecule has 1 aliphatic heterocycles. The summed E-state index contributed by atoms with van der Waals surface area (Å²) in [5.41, 5.74) is 4.04. The van der Waals surface area contributed by atoms with Crippen molar-refractivity contribution in [1.29, 1.82) is 0 Å². The SMILES string of the molecule is O=C(NC1(C(=O)N[C@H](CCO)C(=O)O)CCN(Cc2ccccc2)C1)OCC1c2ccccc2-c2ccccc21. The number of likely N-dealkylation sites (tertiary alicyclic amines) is 1. The van der Waals surface area contributed by atoms with Crippen molar-refractivity contribution in [3.05, 3.63) is 95.6 Å². The molecule has 0 spiro atoms. The molecule has 1 saturated heterocycles. The van der Waals surface area contributed by atoms with Crippen molar-refractivity contribution in [2.75, 3.05) is 26.3 Å². The lowest BCUT2D eigenvalue weighted by Gasteiger charge is -2.30. The average Bonchev–Trinajstić information content (AvgIpc) is 3.51. The van der Waals surface area contributed by atoms with E-state index in [9.17, 15) is 24.6 Å². The zero-order chi connectivity index (χ0) is 28.1. The number of ether oxygens (including phenoxy) is 1. The van der Waals surface area contributed by atoms with E-state index in [2.05, 4.69) is 22.8 Å². The number of aliphatic hydroxyl groups excluding tert-OH is 1. The van der Waals surface area contributed by atoms with Gasteiger partial charge in [-0.2, -0.15) is 0 Å². The number of fused-ring (bicyclic) bond motifs is 3. The molecule has 1 heterocycles. The summed E-state index contributed by atoms with van der Waals surface area (Å²) in [4.78, 5) is 40.5. The van der Waals surface area contributed by atoms with Gasteiger partial charge in [-0.15, -0.1) is 0 Å². The van der Waals surface area contributed by atoms with E-state index in [0.717, 1.165) is 27.8 Å². The summed E-state index contributed by atoms with van der Waals surface area (Å²) in [7, 11) is 0. The predicted octanol–water partition coefficient (Wildman–Crippen LogP) is 3.12. The van der Waals surface area contributed by atoms with Gasteiger partial charge in [-0.3, -0.25) is 9.69 Å². The van der Waals surface area contributed by atoms with Gasteiger partial charge in [0.15, 0.2) is 0 Å². The Kier molecular flexibility index (Phi) is 8.14. The Morgan fingerprint density at radius 1 is 0.950 bits per heavy atom. The van der Waals surface area contributed by atoms with E-state index in [1.54, 1.807) is 0 Å². The molecule has 1 fully saturated rings. The second-order valence-electron chi connectivity index (χ2n) is 10.4. The normalized spacial score (nSPS) is 18.9. The van der Waals surface area contributed by atoms with Crippen molar-refractivity contribution >= 4 is 18.0 Å². The predicted molar refractivity (Wildman–Crippen MR) is 149 cm³/mol. The maximum atomic E-state index is 13.5. The van der Waals surface area contributed by atoms with Crippen LogP contribution in [0.5, 0.6) is 0 Å². The number of rotatable bonds is 10. The van der Waals surface area contributed by atoms with Crippen molar-refractivity contribution in [3.8, 4) is 11.1 Å². The fourth-order valence-corrected chi connectivity index (χ4v) is 5.72. The number of nitrogens with one attached hydrogen (secondary N) is 2. The highest BCUT2D eigenvalue weighted by atomic mass is 16.5. The van der Waals surface area contributed by atoms with Crippen LogP contribution in [0.4, 0.5) is 4.79 Å². The number of nitrogens with zero attached hydrogens (tertiary/aromatic N) is 1. The molecule has 2 amide bonds. The molecule has 2 atom stereocenters. The van der Waals surface area contributed by atoms with Gasteiger partial charge in [0, 0.05) is 38.6 Å². The molecule has 1 aliphatic carbocycles. The van der Waals surface area contributed by atoms with Crippen LogP contribution in [0.25, 0.3) is 11.1 Å². The van der Waals surface area contributed by atoms with Gasteiger partial charge in [-0.05, 0) is 34.2 Å². The number of aliphatic hydroxyl groups is 1. The first-order chi connectivity index (χ1) is 19.4. The Morgan fingerprint density at radius 2 is 1.57 bits per heavy atom. The first kappa shape index (κ1) is 27.4. The number of hydrogen-bond donors (Lipinski definition) is 4. The average molecular weight is 544 g/mol. The number of carbonyl (C=O) groups excluding carboxylic acids is 2. The Bertz CT molecular complexity index is 1330. The van der Waals surface area contributed by atoms with E-state index in [4.69, 9.17) is 4.74 Å². The van der Waals surface area contributed by atoms with Gasteiger partial charge in [0.2, 0.25) is 5.91 Å². The first-order valence-corrected chi connectivity index (χ1v) is 13.4. The van der Waals surface area contributed by atoms with Crippen LogP contribution in [0, 0.1) is 0 Å². The third-order valence-corrected chi connectivity index (χ3v) is 7.74. The van der Waals surface area contributed by atoms with E-state index < -0.39 is 36.2 Å². The molecular weight excluding hydrogens is 510 g/mol. The molecular formula is C31H33N3O6. The molecule has 4 N–H and O–H groups in total. The van der Waals surface area contributed by atoms with Gasteiger partial charge in [0.25, 0.3) is 0 Å². The molecule has 0 radical (unpaired) electrons. The first-order valence-electron chi connectivity index (χ1n) is 13.4. The summed E-state index contributed by atoms with van der Waals surface area (Å²) in [5.74, 6) is -2.00. The van der Waals surface area contributed by atoms with E-state index in [1.807, 2.05) is 71.6 Å². The topological polar surface area (TPSA) is 128 Å². The fourth-order valence-electron chi connectivity index (χ4n) is 5.72. The van der Waals surface area contributed by atoms with Crippen LogP contribution < -0.4 is 10.6 Å². The molecule has 40 heavy (non-hydrogen) atoms. The largest absolute Gasteiger partial charge is 0.480 e. The molecule has 208 valence electrons. The summed E-state index contributed by atoms with van der Waals surface area (Å²) >= 11 is 0. The minimum atomic E-state index is -1.39. The zero-order valence-electron chi connectivity index (χ0n) is 22.1. The monoisotopic (exact) mass is 543 g/mol. The lowest BCUT2D eigenvalue weighted by Crippen LogP contribution is -2.62. The smallest absolute Gasteiger partial charge is 0.408 e. The third-order valence-electron chi connectivity index (χ3n) is 7.74. The van der Waals surface area contributed by atoms with Crippen LogP contribution in [0.1, 0.15) is 35.4 Å². The van der Waals surface area contributed by atoms with Crippen molar-refractivity contribution in [1.82, 2.24) is 15.5 Å². The van der Waals surface area contributed by atoms with Crippen LogP contribution in [0.2, 0.25) is 0 Å². The number of carboxylic acids is 1. The van der Waals surface area contributed by atoms with Crippen LogP contribution in [-0.2, 0) is 20.9 Å². The van der Waals surface area contributed by atoms with Crippen LogP contribution >= 0.6 is 0 Å². The second kappa shape index (κ2) is 11.9. The lowest BCUT2D eigenvalue weighted by molar-refractivity contribution is -0.143. The van der Waals surface area contributed by atoms with Gasteiger partial charge in [-0.1, -0.05) is 78.9 Å². The lowest BCUT2D eigenvalue weighted by atomic mass is 9.96. The number of carboxylic acid groups (broad SMARTS) is 1. The Morgan fingerprint density at radius 3 is 2.20 bits per heavy atom. The van der Waals surface area contributed by atoms with Crippen molar-refractivity contribution < 1.29 is 29.3 Å². The van der Waals surface area contributed by atoms with E-state index in [1.165, 1.54) is 0 Å². The summed E-state index contributed by atoms with van der Waals surface area (Å²) in [6, 6.07) is 24.6. The quantitative estimate of drug-likeness (QED) is 0.309. The molecule has 0 aromatic heterocycles. The van der Waals surface area contributed by atoms with Gasteiger partial charge < -0.3 is 25.6 Å². The molecule has 0 saturated carbocycles. The minimum absolute atomic E-state index is 0.0908. The highest BCUT2D eigenvalue weighted by Crippen LogP contribution is 2.44. The van der Waals surface area contributed by atoms with Gasteiger partial charge in [0.05, 0.1) is 0 Å². The van der Waals surface area contributed by atoms with Gasteiger partial charge in [-0.25, -0.2) is 9.59 Å². The van der Waals surface area contributed by atoms with Crippen molar-refractivity contribution in [2.24, 2.45) is 0 Å². The van der Waals surface area contributed by atoms with Gasteiger partial charge >= 0.3 is 12.1 Å². The number of alkyl carbamates (subject to hydrolysis) is 1. The van der Waals surface area contributed by atoms with E-state index >= 15 is 0 Å². The molecule has 1 unspecified atom stereocenters. The van der Waals surface area contributed by atoms with Crippen LogP contribution in [-0.4, -0.2) is 71.0 Å². The summed E-state index contributed by atoms with van der Waals surface area (Å²) < 4.78 is 5.73. The number of benzene rings is 3. The summed E-state index contributed by atoms with van der Waals surface area (Å²) in [6.07, 6.45) is -0.607. The van der Waals surface area contributed by atoms with E-state index in [-0.39, 0.29) is 31.9 Å². The summed E-state index contributed by atoms with van der Waals surface area (Å²) in [5, 5.41) is 24.1. The van der Waals surface area contributed by atoms with Crippen LogP contribution in [0.15, 0.2) is 78.9 Å². The third kappa shape index (κ3) is 5.71. The van der Waals surface area contributed by atoms with Gasteiger partial charge in [0.1, 0.15) is 18.2 Å². The van der Waals surface area contributed by atoms with Crippen molar-refractivity contribution in [2.45, 2.75) is 36.9 Å². The standard InChI is InChI=1S/C31H33N3O6/c35-17-14-27(28(36)37)32-29(38)31(15-16-34(20-31)18-21-8-2-1-3-9-21)33-30(39)40-19-26-24-12-6-4-10-22(24)23-11-5-7-13-25(23)26/h1-13,26-27,35H,14-20H2,(H,32,38)(H,33,39)(H,36,37)/t27-,31?/m1/s1. The molecule has 5 rings (SSSR count). The number of amides is 2. The second-order valence-corrected chi connectivity index (χ2v) is 10.4. The zero-order valence-corrected chi connectivity index (χ0v) is 22.1. The van der Waals surface area contributed by atoms with Crippen molar-refractivity contribution in [3.63, 3.8) is 0 Å². The maximum absolute atomic E-state index is 13.5. The molecule has 3 aromatic rings. The highest BCUT2D eigenvalue weighted by molar-refractivity contribution is 5.93. The Hall–Kier alpha value is -4.21. The number of hydrogen-bond acceptors (Lipinski definition) is 6. The maximum Gasteiger partial charge on any atom is 0.408 e.